The molecule has 0 fully saturated rings. The Balaban J connectivity index is 1.83. The predicted molar refractivity (Wildman–Crippen MR) is 118 cm³/mol. The van der Waals surface area contributed by atoms with Gasteiger partial charge in [0, 0.05) is 17.0 Å². The minimum absolute atomic E-state index is 0.215. The molecule has 0 aliphatic rings. The first-order valence-corrected chi connectivity index (χ1v) is 10.0. The Labute approximate surface area is 182 Å². The zero-order valence-corrected chi connectivity index (χ0v) is 17.9. The number of esters is 1. The van der Waals surface area contributed by atoms with Gasteiger partial charge in [-0.25, -0.2) is 9.18 Å². The van der Waals surface area contributed by atoms with Crippen LogP contribution in [0.3, 0.4) is 0 Å². The minimum Gasteiger partial charge on any atom is -0.493 e. The third kappa shape index (κ3) is 5.10. The van der Waals surface area contributed by atoms with Crippen LogP contribution < -0.4 is 14.8 Å². The summed E-state index contributed by atoms with van der Waals surface area (Å²) in [6.45, 7) is 0. The molecule has 1 heterocycles. The number of benzene rings is 2. The number of methoxy groups -OCH3 is 3. The van der Waals surface area contributed by atoms with E-state index in [2.05, 4.69) is 5.32 Å². The van der Waals surface area contributed by atoms with Crippen molar-refractivity contribution >= 4 is 34.3 Å². The number of anilines is 1. The molecule has 6 nitrogen and oxygen atoms in total. The lowest BCUT2D eigenvalue weighted by molar-refractivity contribution is -0.111. The third-order valence-corrected chi connectivity index (χ3v) is 5.30. The van der Waals surface area contributed by atoms with Crippen LogP contribution >= 0.6 is 11.3 Å². The molecule has 3 rings (SSSR count). The van der Waals surface area contributed by atoms with Crippen molar-refractivity contribution in [1.82, 2.24) is 0 Å². The largest absolute Gasteiger partial charge is 0.493 e. The molecule has 3 aromatic rings. The van der Waals surface area contributed by atoms with Gasteiger partial charge in [-0.15, -0.1) is 11.3 Å². The maximum Gasteiger partial charge on any atom is 0.341 e. The molecule has 0 saturated carbocycles. The number of rotatable bonds is 7. The molecule has 0 bridgehead atoms. The van der Waals surface area contributed by atoms with Gasteiger partial charge in [-0.05, 0) is 41.5 Å². The highest BCUT2D eigenvalue weighted by atomic mass is 32.1. The van der Waals surface area contributed by atoms with Gasteiger partial charge < -0.3 is 19.5 Å². The van der Waals surface area contributed by atoms with Crippen molar-refractivity contribution in [3.05, 3.63) is 70.9 Å². The van der Waals surface area contributed by atoms with E-state index in [1.54, 1.807) is 48.9 Å². The highest BCUT2D eigenvalue weighted by Crippen LogP contribution is 2.36. The second kappa shape index (κ2) is 9.90. The van der Waals surface area contributed by atoms with Gasteiger partial charge in [0.25, 0.3) is 0 Å². The van der Waals surface area contributed by atoms with Gasteiger partial charge >= 0.3 is 5.97 Å². The molecule has 160 valence electrons. The number of amides is 1. The van der Waals surface area contributed by atoms with Gasteiger partial charge in [0.15, 0.2) is 11.5 Å². The lowest BCUT2D eigenvalue weighted by atomic mass is 10.0. The molecular weight excluding hydrogens is 421 g/mol. The Bertz CT molecular complexity index is 1120. The van der Waals surface area contributed by atoms with E-state index >= 15 is 0 Å². The summed E-state index contributed by atoms with van der Waals surface area (Å²) >= 11 is 1.18. The number of carbonyl (C=O) groups excluding carboxylic acids is 2. The average molecular weight is 441 g/mol. The van der Waals surface area contributed by atoms with Crippen molar-refractivity contribution in [2.24, 2.45) is 0 Å². The van der Waals surface area contributed by atoms with Gasteiger partial charge in [-0.2, -0.15) is 0 Å². The molecule has 31 heavy (non-hydrogen) atoms. The van der Waals surface area contributed by atoms with E-state index in [1.165, 1.54) is 43.8 Å². The molecular formula is C23H20FNO5S. The zero-order valence-electron chi connectivity index (χ0n) is 17.1. The quantitative estimate of drug-likeness (QED) is 0.412. The van der Waals surface area contributed by atoms with Crippen molar-refractivity contribution in [3.8, 4) is 22.6 Å². The normalized spacial score (nSPS) is 10.7. The fourth-order valence-electron chi connectivity index (χ4n) is 2.88. The molecule has 0 radical (unpaired) electrons. The Morgan fingerprint density at radius 3 is 2.35 bits per heavy atom. The molecule has 0 aliphatic heterocycles. The van der Waals surface area contributed by atoms with Gasteiger partial charge in [0.2, 0.25) is 5.91 Å². The maximum atomic E-state index is 13.3. The topological polar surface area (TPSA) is 73.9 Å². The summed E-state index contributed by atoms with van der Waals surface area (Å²) < 4.78 is 28.6. The third-order valence-electron chi connectivity index (χ3n) is 4.41. The van der Waals surface area contributed by atoms with E-state index in [0.29, 0.717) is 27.6 Å². The summed E-state index contributed by atoms with van der Waals surface area (Å²) in [6.07, 6.45) is 2.96. The molecule has 1 N–H and O–H groups in total. The fourth-order valence-corrected chi connectivity index (χ4v) is 3.84. The Morgan fingerprint density at radius 1 is 1.00 bits per heavy atom. The first-order chi connectivity index (χ1) is 15.0. The number of carbonyl (C=O) groups is 2. The number of hydrogen-bond donors (Lipinski definition) is 1. The van der Waals surface area contributed by atoms with Crippen molar-refractivity contribution in [1.29, 1.82) is 0 Å². The summed E-state index contributed by atoms with van der Waals surface area (Å²) in [5, 5.41) is 4.77. The molecule has 2 aromatic carbocycles. The van der Waals surface area contributed by atoms with Crippen LogP contribution in [0.2, 0.25) is 0 Å². The Morgan fingerprint density at radius 2 is 1.71 bits per heavy atom. The Hall–Kier alpha value is -3.65. The number of ether oxygens (including phenoxy) is 3. The predicted octanol–water partition coefficient (Wildman–Crippen LogP) is 5.01. The van der Waals surface area contributed by atoms with Gasteiger partial charge in [0.05, 0.1) is 21.3 Å². The van der Waals surface area contributed by atoms with Crippen LogP contribution in [-0.2, 0) is 9.53 Å². The number of thiophene rings is 1. The summed E-state index contributed by atoms with van der Waals surface area (Å²) in [5.74, 6) is -0.279. The summed E-state index contributed by atoms with van der Waals surface area (Å²) in [5.41, 5.74) is 2.14. The van der Waals surface area contributed by atoms with Gasteiger partial charge in [0.1, 0.15) is 16.4 Å². The highest BCUT2D eigenvalue weighted by molar-refractivity contribution is 7.15. The van der Waals surface area contributed by atoms with E-state index in [4.69, 9.17) is 14.2 Å². The molecule has 0 unspecified atom stereocenters. The monoisotopic (exact) mass is 441 g/mol. The van der Waals surface area contributed by atoms with E-state index in [1.807, 2.05) is 0 Å². The molecule has 1 amide bonds. The van der Waals surface area contributed by atoms with Crippen LogP contribution in [0.25, 0.3) is 17.2 Å². The molecule has 8 heteroatoms. The second-order valence-electron chi connectivity index (χ2n) is 6.29. The zero-order chi connectivity index (χ0) is 22.4. The second-order valence-corrected chi connectivity index (χ2v) is 7.17. The van der Waals surface area contributed by atoms with Crippen LogP contribution in [-0.4, -0.2) is 33.2 Å². The minimum atomic E-state index is -0.597. The SMILES string of the molecule is COC(=O)c1c(-c2ccc(F)cc2)csc1NC(=O)C=Cc1ccc(OC)c(OC)c1. The van der Waals surface area contributed by atoms with E-state index in [0.717, 1.165) is 5.56 Å². The number of nitrogens with one attached hydrogen (secondary N) is 1. The number of halogens is 1. The van der Waals surface area contributed by atoms with Crippen molar-refractivity contribution in [3.63, 3.8) is 0 Å². The summed E-state index contributed by atoms with van der Waals surface area (Å²) in [6, 6.07) is 11.0. The highest BCUT2D eigenvalue weighted by Gasteiger charge is 2.22. The van der Waals surface area contributed by atoms with Gasteiger partial charge in [-0.1, -0.05) is 18.2 Å². The molecule has 0 saturated heterocycles. The lowest BCUT2D eigenvalue weighted by Crippen LogP contribution is -2.11. The van der Waals surface area contributed by atoms with Crippen molar-refractivity contribution < 1.29 is 28.2 Å². The first-order valence-electron chi connectivity index (χ1n) is 9.13. The van der Waals surface area contributed by atoms with Crippen molar-refractivity contribution in [2.45, 2.75) is 0 Å². The van der Waals surface area contributed by atoms with Crippen molar-refractivity contribution in [2.75, 3.05) is 26.6 Å². The fraction of sp³-hybridized carbons (Fsp3) is 0.130. The average Bonchev–Trinajstić information content (AvgIpc) is 3.20. The molecule has 1 aromatic heterocycles. The van der Waals surface area contributed by atoms with E-state index in [-0.39, 0.29) is 11.4 Å². The van der Waals surface area contributed by atoms with Crippen LogP contribution in [0.15, 0.2) is 53.9 Å². The van der Waals surface area contributed by atoms with Gasteiger partial charge in [-0.3, -0.25) is 4.79 Å². The molecule has 0 aliphatic carbocycles. The summed E-state index contributed by atoms with van der Waals surface area (Å²) in [4.78, 5) is 24.8. The van der Waals surface area contributed by atoms with E-state index in [9.17, 15) is 14.0 Å². The summed E-state index contributed by atoms with van der Waals surface area (Å²) in [7, 11) is 4.33. The van der Waals surface area contributed by atoms with Crippen LogP contribution in [0.5, 0.6) is 11.5 Å². The molecule has 0 atom stereocenters. The lowest BCUT2D eigenvalue weighted by Gasteiger charge is -2.08. The maximum absolute atomic E-state index is 13.3. The molecule has 0 spiro atoms. The standard InChI is InChI=1S/C23H20FNO5S/c1-28-18-10-4-14(12-19(18)29-2)5-11-20(26)25-22-21(23(27)30-3)17(13-31-22)15-6-8-16(24)9-7-15/h4-13H,1-3H3,(H,25,26). The van der Waals surface area contributed by atoms with E-state index < -0.39 is 11.9 Å². The first kappa shape index (κ1) is 22.0. The number of hydrogen-bond acceptors (Lipinski definition) is 6. The van der Waals surface area contributed by atoms with Crippen LogP contribution in [0.4, 0.5) is 9.39 Å². The van der Waals surface area contributed by atoms with Crippen LogP contribution in [0, 0.1) is 5.82 Å². The van der Waals surface area contributed by atoms with Crippen LogP contribution in [0.1, 0.15) is 15.9 Å². The smallest absolute Gasteiger partial charge is 0.341 e. The Kier molecular flexibility index (Phi) is 7.04.